The summed E-state index contributed by atoms with van der Waals surface area (Å²) in [4.78, 5) is 3.06. The summed E-state index contributed by atoms with van der Waals surface area (Å²) < 4.78 is 33.2. The lowest BCUT2D eigenvalue weighted by molar-refractivity contribution is 0.433. The summed E-state index contributed by atoms with van der Waals surface area (Å²) in [5.74, 6) is 0.558. The molecule has 0 radical (unpaired) electrons. The van der Waals surface area contributed by atoms with Crippen LogP contribution in [0.15, 0.2) is 57.4 Å². The van der Waals surface area contributed by atoms with Crippen LogP contribution in [0.2, 0.25) is 0 Å². The van der Waals surface area contributed by atoms with Crippen LogP contribution in [-0.4, -0.2) is 26.7 Å². The van der Waals surface area contributed by atoms with Gasteiger partial charge in [0.1, 0.15) is 4.21 Å². The van der Waals surface area contributed by atoms with Crippen molar-refractivity contribution in [1.29, 1.82) is 0 Å². The first-order valence-corrected chi connectivity index (χ1v) is 10.8. The Hall–Kier alpha value is -2.32. The molecule has 3 heterocycles. The highest BCUT2D eigenvalue weighted by Gasteiger charge is 2.19. The third-order valence-electron chi connectivity index (χ3n) is 4.37. The minimum absolute atomic E-state index is 0.240. The van der Waals surface area contributed by atoms with Gasteiger partial charge in [0.15, 0.2) is 5.76 Å². The van der Waals surface area contributed by atoms with Crippen molar-refractivity contribution in [3.63, 3.8) is 0 Å². The number of sulfonamides is 1. The van der Waals surface area contributed by atoms with Crippen LogP contribution in [-0.2, 0) is 10.0 Å². The Labute approximate surface area is 156 Å². The van der Waals surface area contributed by atoms with Gasteiger partial charge in [0, 0.05) is 30.5 Å². The molecular weight excluding hydrogens is 370 g/mol. The SMILES string of the molecule is O=S(=O)(Nc1ccc(N2CCCCC2)cc1)c1ccc(-c2ccno2)s1. The molecule has 1 saturated heterocycles. The van der Waals surface area contributed by atoms with Gasteiger partial charge in [-0.3, -0.25) is 4.72 Å². The highest BCUT2D eigenvalue weighted by atomic mass is 32.2. The molecule has 0 bridgehead atoms. The second-order valence-corrected chi connectivity index (χ2v) is 9.19. The molecule has 1 aliphatic heterocycles. The van der Waals surface area contributed by atoms with Crippen molar-refractivity contribution in [3.05, 3.63) is 48.7 Å². The van der Waals surface area contributed by atoms with E-state index in [0.717, 1.165) is 35.0 Å². The second kappa shape index (κ2) is 7.13. The Morgan fingerprint density at radius 1 is 1.00 bits per heavy atom. The van der Waals surface area contributed by atoms with Gasteiger partial charge >= 0.3 is 0 Å². The molecule has 4 rings (SSSR count). The lowest BCUT2D eigenvalue weighted by atomic mass is 10.1. The third kappa shape index (κ3) is 3.61. The summed E-state index contributed by atoms with van der Waals surface area (Å²) in [5.41, 5.74) is 1.69. The average Bonchev–Trinajstić information content (AvgIpc) is 3.35. The second-order valence-electron chi connectivity index (χ2n) is 6.20. The van der Waals surface area contributed by atoms with Crippen molar-refractivity contribution in [1.82, 2.24) is 5.16 Å². The van der Waals surface area contributed by atoms with Crippen molar-refractivity contribution < 1.29 is 12.9 Å². The van der Waals surface area contributed by atoms with E-state index in [1.54, 1.807) is 18.2 Å². The van der Waals surface area contributed by atoms with Crippen molar-refractivity contribution >= 4 is 32.7 Å². The van der Waals surface area contributed by atoms with Gasteiger partial charge in [0.05, 0.1) is 11.1 Å². The molecule has 8 heteroatoms. The molecule has 0 amide bonds. The highest BCUT2D eigenvalue weighted by Crippen LogP contribution is 2.31. The molecule has 0 aliphatic carbocycles. The molecule has 0 atom stereocenters. The van der Waals surface area contributed by atoms with Crippen LogP contribution in [0.1, 0.15) is 19.3 Å². The number of piperidine rings is 1. The largest absolute Gasteiger partial charge is 0.372 e. The molecule has 0 spiro atoms. The molecule has 136 valence electrons. The summed E-state index contributed by atoms with van der Waals surface area (Å²) in [6.45, 7) is 2.12. The molecule has 1 N–H and O–H groups in total. The van der Waals surface area contributed by atoms with E-state index in [9.17, 15) is 8.42 Å². The van der Waals surface area contributed by atoms with Crippen LogP contribution in [0.3, 0.4) is 0 Å². The van der Waals surface area contributed by atoms with Crippen molar-refractivity contribution in [3.8, 4) is 10.6 Å². The summed E-state index contributed by atoms with van der Waals surface area (Å²) in [5, 5.41) is 3.65. The van der Waals surface area contributed by atoms with Crippen molar-refractivity contribution in [2.75, 3.05) is 22.7 Å². The van der Waals surface area contributed by atoms with Crippen LogP contribution in [0.25, 0.3) is 10.6 Å². The number of anilines is 2. The highest BCUT2D eigenvalue weighted by molar-refractivity contribution is 7.94. The fraction of sp³-hybridized carbons (Fsp3) is 0.278. The number of aromatic nitrogens is 1. The maximum absolute atomic E-state index is 12.6. The lowest BCUT2D eigenvalue weighted by Gasteiger charge is -2.28. The first-order chi connectivity index (χ1) is 12.6. The minimum atomic E-state index is -3.63. The van der Waals surface area contributed by atoms with E-state index in [0.29, 0.717) is 11.4 Å². The van der Waals surface area contributed by atoms with Gasteiger partial charge in [-0.1, -0.05) is 5.16 Å². The van der Waals surface area contributed by atoms with Gasteiger partial charge in [-0.25, -0.2) is 8.42 Å². The van der Waals surface area contributed by atoms with E-state index in [4.69, 9.17) is 4.52 Å². The van der Waals surface area contributed by atoms with E-state index < -0.39 is 10.0 Å². The van der Waals surface area contributed by atoms with Gasteiger partial charge in [-0.05, 0) is 55.7 Å². The number of nitrogens with zero attached hydrogens (tertiary/aromatic N) is 2. The molecule has 26 heavy (non-hydrogen) atoms. The van der Waals surface area contributed by atoms with Crippen LogP contribution < -0.4 is 9.62 Å². The monoisotopic (exact) mass is 389 g/mol. The van der Waals surface area contributed by atoms with E-state index in [1.165, 1.54) is 25.5 Å². The quantitative estimate of drug-likeness (QED) is 0.708. The van der Waals surface area contributed by atoms with Crippen LogP contribution >= 0.6 is 11.3 Å². The zero-order valence-electron chi connectivity index (χ0n) is 14.1. The Bertz CT molecular complexity index is 958. The van der Waals surface area contributed by atoms with Crippen molar-refractivity contribution in [2.45, 2.75) is 23.5 Å². The van der Waals surface area contributed by atoms with Crippen LogP contribution in [0.4, 0.5) is 11.4 Å². The first kappa shape index (κ1) is 17.1. The Morgan fingerprint density at radius 2 is 1.77 bits per heavy atom. The minimum Gasteiger partial charge on any atom is -0.372 e. The Balaban J connectivity index is 1.49. The smallest absolute Gasteiger partial charge is 0.271 e. The molecule has 2 aromatic heterocycles. The fourth-order valence-electron chi connectivity index (χ4n) is 3.04. The van der Waals surface area contributed by atoms with Gasteiger partial charge in [0.25, 0.3) is 10.0 Å². The topological polar surface area (TPSA) is 75.4 Å². The molecule has 6 nitrogen and oxygen atoms in total. The fourth-order valence-corrected chi connectivity index (χ4v) is 5.36. The molecule has 1 aromatic carbocycles. The van der Waals surface area contributed by atoms with Gasteiger partial charge < -0.3 is 9.42 Å². The van der Waals surface area contributed by atoms with Crippen molar-refractivity contribution in [2.24, 2.45) is 0 Å². The molecular formula is C18H19N3O3S2. The first-order valence-electron chi connectivity index (χ1n) is 8.50. The number of thiophene rings is 1. The van der Waals surface area contributed by atoms with E-state index in [-0.39, 0.29) is 4.21 Å². The molecule has 0 unspecified atom stereocenters. The number of hydrogen-bond donors (Lipinski definition) is 1. The van der Waals surface area contributed by atoms with Gasteiger partial charge in [-0.2, -0.15) is 0 Å². The summed E-state index contributed by atoms with van der Waals surface area (Å²) >= 11 is 1.15. The molecule has 1 aliphatic rings. The van der Waals surface area contributed by atoms with Gasteiger partial charge in [0.2, 0.25) is 0 Å². The maximum Gasteiger partial charge on any atom is 0.271 e. The molecule has 1 fully saturated rings. The zero-order chi connectivity index (χ0) is 18.0. The van der Waals surface area contributed by atoms with E-state index >= 15 is 0 Å². The van der Waals surface area contributed by atoms with E-state index in [1.807, 2.05) is 24.3 Å². The third-order valence-corrected chi connectivity index (χ3v) is 7.34. The summed E-state index contributed by atoms with van der Waals surface area (Å²) in [6.07, 6.45) is 5.23. The lowest BCUT2D eigenvalue weighted by Crippen LogP contribution is -2.29. The van der Waals surface area contributed by atoms with E-state index in [2.05, 4.69) is 14.8 Å². The normalized spacial score (nSPS) is 15.2. The number of hydrogen-bond acceptors (Lipinski definition) is 6. The summed E-state index contributed by atoms with van der Waals surface area (Å²) in [7, 11) is -3.63. The predicted molar refractivity (Wildman–Crippen MR) is 103 cm³/mol. The zero-order valence-corrected chi connectivity index (χ0v) is 15.7. The van der Waals surface area contributed by atoms with Gasteiger partial charge in [-0.15, -0.1) is 11.3 Å². The predicted octanol–water partition coefficient (Wildman–Crippen LogP) is 4.19. The maximum atomic E-state index is 12.6. The Kier molecular flexibility index (Phi) is 4.69. The van der Waals surface area contributed by atoms with Crippen LogP contribution in [0, 0.1) is 0 Å². The molecule has 3 aromatic rings. The summed E-state index contributed by atoms with van der Waals surface area (Å²) in [6, 6.07) is 12.6. The average molecular weight is 390 g/mol. The number of rotatable bonds is 5. The molecule has 0 saturated carbocycles. The number of benzene rings is 1. The standard InChI is InChI=1S/C18H19N3O3S2/c22-26(23,18-9-8-17(25-18)16-10-11-19-24-16)20-14-4-6-15(7-5-14)21-12-2-1-3-13-21/h4-11,20H,1-3,12-13H2. The van der Waals surface area contributed by atoms with Crippen LogP contribution in [0.5, 0.6) is 0 Å². The number of nitrogens with one attached hydrogen (secondary N) is 1. The Morgan fingerprint density at radius 3 is 2.46 bits per heavy atom.